The summed E-state index contributed by atoms with van der Waals surface area (Å²) in [6.45, 7) is 6.08. The van der Waals surface area contributed by atoms with E-state index in [1.165, 1.54) is 4.57 Å². The molecule has 78 valence electrons. The highest BCUT2D eigenvalue weighted by molar-refractivity contribution is 5.84. The first kappa shape index (κ1) is 9.58. The van der Waals surface area contributed by atoms with Crippen molar-refractivity contribution in [3.63, 3.8) is 0 Å². The van der Waals surface area contributed by atoms with Crippen LogP contribution in [0.5, 0.6) is 0 Å². The van der Waals surface area contributed by atoms with Crippen LogP contribution in [0.25, 0.3) is 11.1 Å². The van der Waals surface area contributed by atoms with Crippen LogP contribution >= 0.6 is 0 Å². The second-order valence-corrected chi connectivity index (χ2v) is 3.61. The molecule has 0 saturated heterocycles. The van der Waals surface area contributed by atoms with Gasteiger partial charge in [0.1, 0.15) is 0 Å². The van der Waals surface area contributed by atoms with Crippen LogP contribution in [0.4, 0.5) is 5.69 Å². The maximum atomic E-state index is 11.5. The van der Waals surface area contributed by atoms with Gasteiger partial charge in [0.25, 0.3) is 0 Å². The van der Waals surface area contributed by atoms with Gasteiger partial charge in [-0.05, 0) is 19.1 Å². The van der Waals surface area contributed by atoms with Gasteiger partial charge in [0, 0.05) is 6.54 Å². The molecular weight excluding hydrogens is 192 g/mol. The summed E-state index contributed by atoms with van der Waals surface area (Å²) in [4.78, 5) is 11.5. The number of nitrogens with two attached hydrogens (primary N) is 1. The number of allylic oxidation sites excluding steroid dienone is 1. The van der Waals surface area contributed by atoms with Crippen LogP contribution in [0.1, 0.15) is 6.92 Å². The van der Waals surface area contributed by atoms with Crippen LogP contribution in [-0.2, 0) is 6.54 Å². The van der Waals surface area contributed by atoms with Crippen LogP contribution in [0.15, 0.2) is 39.6 Å². The zero-order chi connectivity index (χ0) is 11.0. The molecule has 2 aromatic rings. The molecule has 1 heterocycles. The van der Waals surface area contributed by atoms with Crippen molar-refractivity contribution in [3.05, 3.63) is 40.9 Å². The lowest BCUT2D eigenvalue weighted by Crippen LogP contribution is -2.14. The fraction of sp³-hybridized carbons (Fsp3) is 0.182. The number of rotatable bonds is 2. The lowest BCUT2D eigenvalue weighted by molar-refractivity contribution is 0.517. The Kier molecular flexibility index (Phi) is 2.11. The molecule has 0 atom stereocenters. The molecular formula is C11H12N2O2. The topological polar surface area (TPSA) is 61.2 Å². The molecule has 1 aromatic carbocycles. The third kappa shape index (κ3) is 1.54. The number of hydrogen-bond acceptors (Lipinski definition) is 3. The summed E-state index contributed by atoms with van der Waals surface area (Å²) in [5.74, 6) is -0.397. The first-order chi connectivity index (χ1) is 7.09. The van der Waals surface area contributed by atoms with E-state index in [9.17, 15) is 4.79 Å². The Morgan fingerprint density at radius 2 is 2.33 bits per heavy atom. The minimum atomic E-state index is -0.397. The van der Waals surface area contributed by atoms with E-state index in [1.54, 1.807) is 18.2 Å². The number of fused-ring (bicyclic) bond motifs is 1. The number of nitrogens with zero attached hydrogens (tertiary/aromatic N) is 1. The Labute approximate surface area is 86.6 Å². The van der Waals surface area contributed by atoms with Crippen LogP contribution in [0.2, 0.25) is 0 Å². The van der Waals surface area contributed by atoms with Crippen molar-refractivity contribution in [2.45, 2.75) is 13.5 Å². The van der Waals surface area contributed by atoms with E-state index in [-0.39, 0.29) is 0 Å². The van der Waals surface area contributed by atoms with Crippen LogP contribution in [0.3, 0.4) is 0 Å². The van der Waals surface area contributed by atoms with E-state index >= 15 is 0 Å². The van der Waals surface area contributed by atoms with Gasteiger partial charge in [-0.1, -0.05) is 18.2 Å². The zero-order valence-corrected chi connectivity index (χ0v) is 8.49. The lowest BCUT2D eigenvalue weighted by atomic mass is 10.2. The molecule has 0 aliphatic heterocycles. The first-order valence-corrected chi connectivity index (χ1v) is 4.62. The number of benzene rings is 1. The molecule has 0 unspecified atom stereocenters. The SMILES string of the molecule is C=C(C)Cn1c(=O)oc2c(N)cccc21. The predicted molar refractivity (Wildman–Crippen MR) is 59.7 cm³/mol. The number of para-hydroxylation sites is 1. The third-order valence-corrected chi connectivity index (χ3v) is 2.15. The van der Waals surface area contributed by atoms with E-state index in [0.717, 1.165) is 5.57 Å². The smallest absolute Gasteiger partial charge is 0.405 e. The Bertz CT molecular complexity index is 578. The van der Waals surface area contributed by atoms with Gasteiger partial charge in [-0.2, -0.15) is 0 Å². The van der Waals surface area contributed by atoms with Crippen molar-refractivity contribution in [1.82, 2.24) is 4.57 Å². The molecule has 0 amide bonds. The van der Waals surface area contributed by atoms with Crippen LogP contribution < -0.4 is 11.5 Å². The highest BCUT2D eigenvalue weighted by Gasteiger charge is 2.10. The number of aromatic nitrogens is 1. The monoisotopic (exact) mass is 204 g/mol. The molecule has 0 spiro atoms. The van der Waals surface area contributed by atoms with Crippen molar-refractivity contribution in [1.29, 1.82) is 0 Å². The van der Waals surface area contributed by atoms with Crippen molar-refractivity contribution in [2.75, 3.05) is 5.73 Å². The minimum absolute atomic E-state index is 0.397. The third-order valence-electron chi connectivity index (χ3n) is 2.15. The molecule has 0 bridgehead atoms. The summed E-state index contributed by atoms with van der Waals surface area (Å²) in [5, 5.41) is 0. The maximum Gasteiger partial charge on any atom is 0.420 e. The van der Waals surface area contributed by atoms with Crippen molar-refractivity contribution in [3.8, 4) is 0 Å². The summed E-state index contributed by atoms with van der Waals surface area (Å²) in [5.41, 5.74) is 8.23. The van der Waals surface area contributed by atoms with Gasteiger partial charge >= 0.3 is 5.76 Å². The highest BCUT2D eigenvalue weighted by Crippen LogP contribution is 2.19. The van der Waals surface area contributed by atoms with Crippen molar-refractivity contribution >= 4 is 16.8 Å². The molecule has 2 N–H and O–H groups in total. The second-order valence-electron chi connectivity index (χ2n) is 3.61. The molecule has 4 nitrogen and oxygen atoms in total. The standard InChI is InChI=1S/C11H12N2O2/c1-7(2)6-13-9-5-3-4-8(12)10(9)15-11(13)14/h3-5H,1,6,12H2,2H3. The first-order valence-electron chi connectivity index (χ1n) is 4.62. The fourth-order valence-corrected chi connectivity index (χ4v) is 1.53. The lowest BCUT2D eigenvalue weighted by Gasteiger charge is -2.00. The van der Waals surface area contributed by atoms with Gasteiger partial charge in [0.05, 0.1) is 11.2 Å². The zero-order valence-electron chi connectivity index (χ0n) is 8.49. The molecule has 4 heteroatoms. The summed E-state index contributed by atoms with van der Waals surface area (Å²) in [6, 6.07) is 5.30. The van der Waals surface area contributed by atoms with Gasteiger partial charge < -0.3 is 10.2 Å². The Hall–Kier alpha value is -1.97. The number of anilines is 1. The molecule has 0 aliphatic rings. The van der Waals surface area contributed by atoms with Gasteiger partial charge in [0.2, 0.25) is 0 Å². The van der Waals surface area contributed by atoms with Gasteiger partial charge in [-0.25, -0.2) is 4.79 Å². The van der Waals surface area contributed by atoms with E-state index in [0.29, 0.717) is 23.3 Å². The average Bonchev–Trinajstić information content (AvgIpc) is 2.45. The second kappa shape index (κ2) is 3.31. The summed E-state index contributed by atoms with van der Waals surface area (Å²) in [6.07, 6.45) is 0. The number of hydrogen-bond donors (Lipinski definition) is 1. The summed E-state index contributed by atoms with van der Waals surface area (Å²) < 4.78 is 6.59. The molecule has 1 aromatic heterocycles. The summed E-state index contributed by atoms with van der Waals surface area (Å²) >= 11 is 0. The van der Waals surface area contributed by atoms with Gasteiger partial charge in [-0.3, -0.25) is 4.57 Å². The average molecular weight is 204 g/mol. The normalized spacial score (nSPS) is 10.7. The largest absolute Gasteiger partial charge is 0.420 e. The van der Waals surface area contributed by atoms with E-state index in [2.05, 4.69) is 6.58 Å². The van der Waals surface area contributed by atoms with Crippen LogP contribution in [-0.4, -0.2) is 4.57 Å². The van der Waals surface area contributed by atoms with E-state index in [4.69, 9.17) is 10.2 Å². The molecule has 2 rings (SSSR count). The Balaban J connectivity index is 2.74. The van der Waals surface area contributed by atoms with Crippen molar-refractivity contribution < 1.29 is 4.42 Å². The maximum absolute atomic E-state index is 11.5. The molecule has 0 fully saturated rings. The van der Waals surface area contributed by atoms with Gasteiger partial charge in [-0.15, -0.1) is 0 Å². The molecule has 0 aliphatic carbocycles. The fourth-order valence-electron chi connectivity index (χ4n) is 1.53. The van der Waals surface area contributed by atoms with Gasteiger partial charge in [0.15, 0.2) is 5.58 Å². The quantitative estimate of drug-likeness (QED) is 0.598. The summed E-state index contributed by atoms with van der Waals surface area (Å²) in [7, 11) is 0. The molecule has 15 heavy (non-hydrogen) atoms. The Morgan fingerprint density at radius 1 is 1.60 bits per heavy atom. The molecule has 0 saturated carbocycles. The minimum Gasteiger partial charge on any atom is -0.405 e. The van der Waals surface area contributed by atoms with E-state index < -0.39 is 5.76 Å². The van der Waals surface area contributed by atoms with E-state index in [1.807, 2.05) is 6.92 Å². The predicted octanol–water partition coefficient (Wildman–Crippen LogP) is 1.75. The molecule has 0 radical (unpaired) electrons. The van der Waals surface area contributed by atoms with Crippen molar-refractivity contribution in [2.24, 2.45) is 0 Å². The Morgan fingerprint density at radius 3 is 3.00 bits per heavy atom. The number of nitrogen functional groups attached to an aromatic ring is 1. The van der Waals surface area contributed by atoms with Crippen LogP contribution in [0, 0.1) is 0 Å². The highest BCUT2D eigenvalue weighted by atomic mass is 16.4. The number of oxazole rings is 1.